The zero-order chi connectivity index (χ0) is 11.5. The van der Waals surface area contributed by atoms with E-state index in [2.05, 4.69) is 53.3 Å². The van der Waals surface area contributed by atoms with Gasteiger partial charge >= 0.3 is 0 Å². The van der Waals surface area contributed by atoms with E-state index in [0.29, 0.717) is 6.04 Å². The third-order valence-electron chi connectivity index (χ3n) is 3.57. The van der Waals surface area contributed by atoms with Gasteiger partial charge in [0.15, 0.2) is 0 Å². The lowest BCUT2D eigenvalue weighted by Crippen LogP contribution is -2.25. The first-order valence-electron chi connectivity index (χ1n) is 6.18. The van der Waals surface area contributed by atoms with Gasteiger partial charge in [-0.25, -0.2) is 0 Å². The molecule has 0 atom stereocenters. The maximum absolute atomic E-state index is 3.66. The molecule has 1 aliphatic rings. The van der Waals surface area contributed by atoms with Crippen LogP contribution in [0.25, 0.3) is 0 Å². The van der Waals surface area contributed by atoms with Crippen LogP contribution in [0.5, 0.6) is 0 Å². The molecule has 0 spiro atoms. The summed E-state index contributed by atoms with van der Waals surface area (Å²) in [6.45, 7) is 4.50. The van der Waals surface area contributed by atoms with Gasteiger partial charge in [-0.1, -0.05) is 19.1 Å². The van der Waals surface area contributed by atoms with Gasteiger partial charge in [0, 0.05) is 16.2 Å². The van der Waals surface area contributed by atoms with Gasteiger partial charge in [0.2, 0.25) is 0 Å². The van der Waals surface area contributed by atoms with Crippen LogP contribution in [0.3, 0.4) is 0 Å². The molecular weight excluding hydrogens is 262 g/mol. The molecule has 0 radical (unpaired) electrons. The number of aryl methyl sites for hydroxylation is 1. The van der Waals surface area contributed by atoms with Crippen molar-refractivity contribution >= 4 is 21.6 Å². The topological polar surface area (TPSA) is 12.0 Å². The molecule has 0 bridgehead atoms. The lowest BCUT2D eigenvalue weighted by atomic mass is 9.87. The molecule has 2 rings (SSSR count). The number of hydrogen-bond donors (Lipinski definition) is 1. The van der Waals surface area contributed by atoms with E-state index in [1.807, 2.05) is 0 Å². The second-order valence-electron chi connectivity index (χ2n) is 5.04. The largest absolute Gasteiger partial charge is 0.381 e. The van der Waals surface area contributed by atoms with Crippen molar-refractivity contribution in [2.75, 3.05) is 5.32 Å². The summed E-state index contributed by atoms with van der Waals surface area (Å²) in [5.41, 5.74) is 2.55. The first kappa shape index (κ1) is 12.0. The van der Waals surface area contributed by atoms with E-state index < -0.39 is 0 Å². The summed E-state index contributed by atoms with van der Waals surface area (Å²) < 4.78 is 1.22. The molecule has 1 N–H and O–H groups in total. The molecule has 1 nitrogen and oxygen atoms in total. The molecule has 0 heterocycles. The smallest absolute Gasteiger partial charge is 0.0489 e. The monoisotopic (exact) mass is 281 g/mol. The quantitative estimate of drug-likeness (QED) is 0.825. The molecule has 0 amide bonds. The lowest BCUT2D eigenvalue weighted by molar-refractivity contribution is 0.361. The standard InChI is InChI=1S/C14H20BrN/c1-10-6-8-12(9-7-10)16-13-5-3-4-11(2)14(13)15/h3-5,10,12,16H,6-9H2,1-2H3. The second-order valence-corrected chi connectivity index (χ2v) is 5.83. The van der Waals surface area contributed by atoms with Crippen molar-refractivity contribution in [3.05, 3.63) is 28.2 Å². The highest BCUT2D eigenvalue weighted by atomic mass is 79.9. The molecular formula is C14H20BrN. The van der Waals surface area contributed by atoms with Gasteiger partial charge in [-0.2, -0.15) is 0 Å². The molecule has 1 aliphatic carbocycles. The zero-order valence-electron chi connectivity index (χ0n) is 10.1. The van der Waals surface area contributed by atoms with Crippen molar-refractivity contribution in [1.82, 2.24) is 0 Å². The van der Waals surface area contributed by atoms with Crippen LogP contribution in [0.4, 0.5) is 5.69 Å². The fourth-order valence-corrected chi connectivity index (χ4v) is 2.76. The van der Waals surface area contributed by atoms with Crippen LogP contribution in [0, 0.1) is 12.8 Å². The molecule has 1 aromatic carbocycles. The highest BCUT2D eigenvalue weighted by Crippen LogP contribution is 2.30. The van der Waals surface area contributed by atoms with Gasteiger partial charge in [-0.3, -0.25) is 0 Å². The van der Waals surface area contributed by atoms with Crippen molar-refractivity contribution < 1.29 is 0 Å². The summed E-state index contributed by atoms with van der Waals surface area (Å²) >= 11 is 3.66. The Hall–Kier alpha value is -0.500. The maximum atomic E-state index is 3.66. The molecule has 88 valence electrons. The Morgan fingerprint density at radius 2 is 1.88 bits per heavy atom. The van der Waals surface area contributed by atoms with Gasteiger partial charge < -0.3 is 5.32 Å². The van der Waals surface area contributed by atoms with Crippen molar-refractivity contribution in [3.63, 3.8) is 0 Å². The highest BCUT2D eigenvalue weighted by molar-refractivity contribution is 9.10. The van der Waals surface area contributed by atoms with Crippen molar-refractivity contribution in [2.24, 2.45) is 5.92 Å². The molecule has 0 unspecified atom stereocenters. The highest BCUT2D eigenvalue weighted by Gasteiger charge is 2.18. The third-order valence-corrected chi connectivity index (χ3v) is 4.62. The predicted octanol–water partition coefficient (Wildman–Crippen LogP) is 4.75. The van der Waals surface area contributed by atoms with Crippen LogP contribution in [0.15, 0.2) is 22.7 Å². The van der Waals surface area contributed by atoms with E-state index in [4.69, 9.17) is 0 Å². The molecule has 0 aliphatic heterocycles. The van der Waals surface area contributed by atoms with Crippen LogP contribution in [-0.4, -0.2) is 6.04 Å². The third kappa shape index (κ3) is 2.79. The summed E-state index contributed by atoms with van der Waals surface area (Å²) in [6.07, 6.45) is 5.34. The van der Waals surface area contributed by atoms with Crippen molar-refractivity contribution in [3.8, 4) is 0 Å². The zero-order valence-corrected chi connectivity index (χ0v) is 11.7. The van der Waals surface area contributed by atoms with E-state index in [1.54, 1.807) is 0 Å². The fraction of sp³-hybridized carbons (Fsp3) is 0.571. The van der Waals surface area contributed by atoms with E-state index in [9.17, 15) is 0 Å². The first-order valence-corrected chi connectivity index (χ1v) is 6.98. The number of benzene rings is 1. The number of hydrogen-bond acceptors (Lipinski definition) is 1. The van der Waals surface area contributed by atoms with Gasteiger partial charge in [0.05, 0.1) is 0 Å². The number of rotatable bonds is 2. The molecule has 2 heteroatoms. The molecule has 1 saturated carbocycles. The van der Waals surface area contributed by atoms with Crippen LogP contribution in [0.1, 0.15) is 38.2 Å². The van der Waals surface area contributed by atoms with E-state index in [-0.39, 0.29) is 0 Å². The number of nitrogens with one attached hydrogen (secondary N) is 1. The fourth-order valence-electron chi connectivity index (χ4n) is 2.38. The van der Waals surface area contributed by atoms with E-state index in [0.717, 1.165) is 5.92 Å². The number of anilines is 1. The SMILES string of the molecule is Cc1cccc(NC2CCC(C)CC2)c1Br. The molecule has 1 aromatic rings. The van der Waals surface area contributed by atoms with E-state index >= 15 is 0 Å². The normalized spacial score (nSPS) is 25.4. The maximum Gasteiger partial charge on any atom is 0.0489 e. The van der Waals surface area contributed by atoms with Gasteiger partial charge in [-0.05, 0) is 66.1 Å². The Balaban J connectivity index is 2.01. The minimum absolute atomic E-state index is 0.661. The van der Waals surface area contributed by atoms with Gasteiger partial charge in [0.25, 0.3) is 0 Å². The average molecular weight is 282 g/mol. The number of halogens is 1. The van der Waals surface area contributed by atoms with Gasteiger partial charge in [0.1, 0.15) is 0 Å². The van der Waals surface area contributed by atoms with Gasteiger partial charge in [-0.15, -0.1) is 0 Å². The summed E-state index contributed by atoms with van der Waals surface area (Å²) in [5.74, 6) is 0.916. The Morgan fingerprint density at radius 3 is 2.56 bits per heavy atom. The molecule has 0 saturated heterocycles. The molecule has 16 heavy (non-hydrogen) atoms. The van der Waals surface area contributed by atoms with Crippen molar-refractivity contribution in [2.45, 2.75) is 45.6 Å². The van der Waals surface area contributed by atoms with Crippen LogP contribution >= 0.6 is 15.9 Å². The van der Waals surface area contributed by atoms with Crippen LogP contribution in [0.2, 0.25) is 0 Å². The predicted molar refractivity (Wildman–Crippen MR) is 73.9 cm³/mol. The lowest BCUT2D eigenvalue weighted by Gasteiger charge is -2.28. The minimum Gasteiger partial charge on any atom is -0.381 e. The average Bonchev–Trinajstić information content (AvgIpc) is 2.28. The summed E-state index contributed by atoms with van der Waals surface area (Å²) in [4.78, 5) is 0. The molecule has 1 fully saturated rings. The Bertz CT molecular complexity index is 354. The summed E-state index contributed by atoms with van der Waals surface area (Å²) in [7, 11) is 0. The second kappa shape index (κ2) is 5.22. The van der Waals surface area contributed by atoms with Crippen molar-refractivity contribution in [1.29, 1.82) is 0 Å². The first-order chi connectivity index (χ1) is 7.66. The Kier molecular flexibility index (Phi) is 3.91. The Labute approximate surface area is 107 Å². The van der Waals surface area contributed by atoms with E-state index in [1.165, 1.54) is 41.4 Å². The minimum atomic E-state index is 0.661. The molecule has 0 aromatic heterocycles. The summed E-state index contributed by atoms with van der Waals surface area (Å²) in [5, 5.41) is 3.66. The van der Waals surface area contributed by atoms with Crippen LogP contribution in [-0.2, 0) is 0 Å². The Morgan fingerprint density at radius 1 is 1.19 bits per heavy atom. The van der Waals surface area contributed by atoms with Crippen LogP contribution < -0.4 is 5.32 Å². The summed E-state index contributed by atoms with van der Waals surface area (Å²) in [6, 6.07) is 7.08.